The smallest absolute Gasteiger partial charge is 0.344 e. The molecule has 36 heavy (non-hydrogen) atoms. The topological polar surface area (TPSA) is 71.4 Å². The molecule has 0 aromatic heterocycles. The Kier molecular flexibility index (Phi) is 10.2. The van der Waals surface area contributed by atoms with Crippen molar-refractivity contribution in [2.24, 2.45) is 5.16 Å². The lowest BCUT2D eigenvalue weighted by molar-refractivity contribution is -0.145. The molecule has 0 aliphatic rings. The summed E-state index contributed by atoms with van der Waals surface area (Å²) in [5.41, 5.74) is 2.57. The van der Waals surface area contributed by atoms with Gasteiger partial charge in [-0.1, -0.05) is 65.8 Å². The van der Waals surface area contributed by atoms with Crippen LogP contribution in [0.4, 0.5) is 4.39 Å². The molecule has 1 N–H and O–H groups in total. The first-order chi connectivity index (χ1) is 17.4. The molecule has 0 saturated carbocycles. The maximum atomic E-state index is 14.4. The summed E-state index contributed by atoms with van der Waals surface area (Å²) in [6.45, 7) is 1.06. The van der Waals surface area contributed by atoms with E-state index in [2.05, 4.69) is 5.16 Å². The van der Waals surface area contributed by atoms with Crippen molar-refractivity contribution < 1.29 is 23.9 Å². The van der Waals surface area contributed by atoms with E-state index in [0.717, 1.165) is 11.1 Å². The van der Waals surface area contributed by atoms with E-state index < -0.39 is 17.9 Å². The van der Waals surface area contributed by atoms with Crippen LogP contribution in [-0.2, 0) is 16.1 Å². The number of aliphatic carboxylic acids is 1. The molecule has 6 nitrogen and oxygen atoms in total. The number of ether oxygens (including phenoxy) is 1. The van der Waals surface area contributed by atoms with Gasteiger partial charge in [-0.3, -0.25) is 0 Å². The Morgan fingerprint density at radius 2 is 1.72 bits per heavy atom. The number of carboxylic acid groups (broad SMARTS) is 1. The van der Waals surface area contributed by atoms with Crippen molar-refractivity contribution in [3.8, 4) is 5.75 Å². The Balaban J connectivity index is 1.67. The van der Waals surface area contributed by atoms with E-state index in [1.165, 1.54) is 6.07 Å². The maximum absolute atomic E-state index is 14.4. The van der Waals surface area contributed by atoms with Crippen LogP contribution in [0.2, 0.25) is 0 Å². The minimum Gasteiger partial charge on any atom is -0.479 e. The molecular weight excluding hydrogens is 459 g/mol. The number of carbonyl (C=O) groups is 1. The molecule has 0 heterocycles. The Bertz CT molecular complexity index is 1160. The van der Waals surface area contributed by atoms with E-state index in [9.17, 15) is 14.3 Å². The molecule has 0 spiro atoms. The molecule has 0 aliphatic heterocycles. The van der Waals surface area contributed by atoms with Crippen LogP contribution in [0.5, 0.6) is 5.75 Å². The van der Waals surface area contributed by atoms with E-state index in [1.807, 2.05) is 49.3 Å². The molecule has 3 aromatic carbocycles. The Morgan fingerprint density at radius 1 is 1.03 bits per heavy atom. The number of halogens is 1. The van der Waals surface area contributed by atoms with Crippen molar-refractivity contribution in [2.75, 3.05) is 27.2 Å². The standard InChI is InChI=1S/C29H31FN2O4/c1-32(2)20-21-35-31-27(25-10-6-7-11-26(25)30)18-14-23-12-16-24(17-13-23)36-28(29(33)34)19-15-22-8-4-3-5-9-22/h3-14,16-18,28H,15,19-21H2,1-2H3,(H,33,34)/b18-14+,31-27-. The number of hydrogen-bond acceptors (Lipinski definition) is 5. The van der Waals surface area contributed by atoms with Gasteiger partial charge >= 0.3 is 5.97 Å². The lowest BCUT2D eigenvalue weighted by atomic mass is 10.1. The molecule has 0 radical (unpaired) electrons. The summed E-state index contributed by atoms with van der Waals surface area (Å²) in [5, 5.41) is 13.7. The number of likely N-dealkylation sites (N-methyl/N-ethyl adjacent to an activating group) is 1. The predicted octanol–water partition coefficient (Wildman–Crippen LogP) is 5.29. The zero-order valence-electron chi connectivity index (χ0n) is 20.5. The van der Waals surface area contributed by atoms with E-state index in [4.69, 9.17) is 9.57 Å². The van der Waals surface area contributed by atoms with Crippen LogP contribution < -0.4 is 4.74 Å². The molecule has 3 rings (SSSR count). The molecule has 7 heteroatoms. The van der Waals surface area contributed by atoms with Gasteiger partial charge in [-0.25, -0.2) is 9.18 Å². The monoisotopic (exact) mass is 490 g/mol. The third-order valence-electron chi connectivity index (χ3n) is 5.35. The van der Waals surface area contributed by atoms with Gasteiger partial charge in [0, 0.05) is 12.1 Å². The summed E-state index contributed by atoms with van der Waals surface area (Å²) < 4.78 is 20.1. The van der Waals surface area contributed by atoms with Gasteiger partial charge in [0.2, 0.25) is 0 Å². The number of aryl methyl sites for hydroxylation is 1. The lowest BCUT2D eigenvalue weighted by Crippen LogP contribution is -2.27. The normalized spacial score (nSPS) is 12.6. The molecule has 188 valence electrons. The van der Waals surface area contributed by atoms with Crippen LogP contribution in [0, 0.1) is 5.82 Å². The molecule has 0 saturated heterocycles. The van der Waals surface area contributed by atoms with Crippen molar-refractivity contribution in [2.45, 2.75) is 18.9 Å². The van der Waals surface area contributed by atoms with Gasteiger partial charge in [0.1, 0.15) is 23.9 Å². The molecule has 1 atom stereocenters. The molecule has 0 amide bonds. The first kappa shape index (κ1) is 26.6. The number of benzene rings is 3. The summed E-state index contributed by atoms with van der Waals surface area (Å²) >= 11 is 0. The second-order valence-electron chi connectivity index (χ2n) is 8.46. The largest absolute Gasteiger partial charge is 0.479 e. The van der Waals surface area contributed by atoms with Crippen LogP contribution in [0.3, 0.4) is 0 Å². The van der Waals surface area contributed by atoms with E-state index >= 15 is 0 Å². The SMILES string of the molecule is CN(C)CCO/N=C(/C=C/c1ccc(OC(CCc2ccccc2)C(=O)O)cc1)c1ccccc1F. The van der Waals surface area contributed by atoms with Gasteiger partial charge in [0.25, 0.3) is 0 Å². The first-order valence-electron chi connectivity index (χ1n) is 11.7. The number of hydrogen-bond donors (Lipinski definition) is 1. The van der Waals surface area contributed by atoms with Gasteiger partial charge < -0.3 is 19.6 Å². The number of allylic oxidation sites excluding steroid dienone is 1. The van der Waals surface area contributed by atoms with Crippen molar-refractivity contribution >= 4 is 17.8 Å². The van der Waals surface area contributed by atoms with Gasteiger partial charge in [-0.15, -0.1) is 0 Å². The Labute approximate surface area is 211 Å². The fourth-order valence-corrected chi connectivity index (χ4v) is 3.35. The summed E-state index contributed by atoms with van der Waals surface area (Å²) in [6.07, 6.45) is 3.48. The zero-order valence-corrected chi connectivity index (χ0v) is 20.5. The minimum atomic E-state index is -1.00. The third-order valence-corrected chi connectivity index (χ3v) is 5.35. The highest BCUT2D eigenvalue weighted by molar-refractivity contribution is 6.10. The van der Waals surface area contributed by atoms with Gasteiger partial charge in [-0.2, -0.15) is 0 Å². The Hall–Kier alpha value is -3.97. The number of oxime groups is 1. The predicted molar refractivity (Wildman–Crippen MR) is 140 cm³/mol. The van der Waals surface area contributed by atoms with Gasteiger partial charge in [0.15, 0.2) is 6.10 Å². The molecule has 0 aliphatic carbocycles. The van der Waals surface area contributed by atoms with Crippen molar-refractivity contribution in [3.63, 3.8) is 0 Å². The molecule has 1 unspecified atom stereocenters. The fraction of sp³-hybridized carbons (Fsp3) is 0.241. The van der Waals surface area contributed by atoms with Crippen molar-refractivity contribution in [1.82, 2.24) is 4.90 Å². The zero-order chi connectivity index (χ0) is 25.8. The molecular formula is C29H31FN2O4. The van der Waals surface area contributed by atoms with Crippen LogP contribution in [0.25, 0.3) is 6.08 Å². The third kappa shape index (κ3) is 8.67. The summed E-state index contributed by atoms with van der Waals surface area (Å²) in [4.78, 5) is 19.0. The molecule has 0 fully saturated rings. The Morgan fingerprint density at radius 3 is 2.39 bits per heavy atom. The summed E-state index contributed by atoms with van der Waals surface area (Å²) in [6, 6.07) is 23.1. The maximum Gasteiger partial charge on any atom is 0.344 e. The minimum absolute atomic E-state index is 0.335. The van der Waals surface area contributed by atoms with E-state index in [-0.39, 0.29) is 0 Å². The lowest BCUT2D eigenvalue weighted by Gasteiger charge is -2.15. The number of rotatable bonds is 13. The number of nitrogens with zero attached hydrogens (tertiary/aromatic N) is 2. The van der Waals surface area contributed by atoms with E-state index in [0.29, 0.717) is 43.0 Å². The van der Waals surface area contributed by atoms with Crippen LogP contribution >= 0.6 is 0 Å². The second kappa shape index (κ2) is 13.8. The first-order valence-corrected chi connectivity index (χ1v) is 11.7. The van der Waals surface area contributed by atoms with Crippen LogP contribution in [0.15, 0.2) is 90.1 Å². The fourth-order valence-electron chi connectivity index (χ4n) is 3.35. The van der Waals surface area contributed by atoms with Crippen LogP contribution in [-0.4, -0.2) is 55.0 Å². The van der Waals surface area contributed by atoms with Gasteiger partial charge in [-0.05, 0) is 68.4 Å². The van der Waals surface area contributed by atoms with Crippen LogP contribution in [0.1, 0.15) is 23.1 Å². The van der Waals surface area contributed by atoms with Crippen molar-refractivity contribution in [1.29, 1.82) is 0 Å². The number of carboxylic acids is 1. The average Bonchev–Trinajstić information content (AvgIpc) is 2.87. The highest BCUT2D eigenvalue weighted by Gasteiger charge is 2.19. The van der Waals surface area contributed by atoms with Crippen molar-refractivity contribution in [3.05, 3.63) is 107 Å². The highest BCUT2D eigenvalue weighted by atomic mass is 19.1. The molecule has 3 aromatic rings. The summed E-state index contributed by atoms with van der Waals surface area (Å²) in [5.74, 6) is -0.936. The highest BCUT2D eigenvalue weighted by Crippen LogP contribution is 2.18. The molecule has 0 bridgehead atoms. The van der Waals surface area contributed by atoms with E-state index in [1.54, 1.807) is 54.6 Å². The second-order valence-corrected chi connectivity index (χ2v) is 8.46. The summed E-state index contributed by atoms with van der Waals surface area (Å²) in [7, 11) is 3.86. The van der Waals surface area contributed by atoms with Gasteiger partial charge in [0.05, 0.1) is 0 Å². The quantitative estimate of drug-likeness (QED) is 0.200. The average molecular weight is 491 g/mol.